The number of anilines is 1. The summed E-state index contributed by atoms with van der Waals surface area (Å²) in [4.78, 5) is 4.07. The topological polar surface area (TPSA) is 97.0 Å². The second kappa shape index (κ2) is 8.73. The fourth-order valence-corrected chi connectivity index (χ4v) is 2.82. The van der Waals surface area contributed by atoms with Crippen LogP contribution in [0.15, 0.2) is 48.7 Å². The average Bonchev–Trinajstić information content (AvgIpc) is 2.71. The smallest absolute Gasteiger partial charge is 0.417 e. The summed E-state index contributed by atoms with van der Waals surface area (Å²) in [5.74, 6) is -0.0295. The van der Waals surface area contributed by atoms with Crippen LogP contribution in [0.3, 0.4) is 0 Å². The number of nitrogens with zero attached hydrogens (tertiary/aromatic N) is 3. The van der Waals surface area contributed by atoms with E-state index in [1.165, 1.54) is 12.1 Å². The first kappa shape index (κ1) is 22.8. The highest BCUT2D eigenvalue weighted by Gasteiger charge is 2.39. The van der Waals surface area contributed by atoms with Crippen LogP contribution in [0.2, 0.25) is 0 Å². The van der Waals surface area contributed by atoms with Gasteiger partial charge in [0.15, 0.2) is 0 Å². The molecule has 0 amide bonds. The van der Waals surface area contributed by atoms with Gasteiger partial charge in [-0.15, -0.1) is 10.2 Å². The average molecular weight is 455 g/mol. The highest BCUT2D eigenvalue weighted by molar-refractivity contribution is 5.73. The highest BCUT2D eigenvalue weighted by atomic mass is 19.4. The van der Waals surface area contributed by atoms with Crippen molar-refractivity contribution in [2.75, 3.05) is 5.32 Å². The fourth-order valence-electron chi connectivity index (χ4n) is 2.82. The predicted molar refractivity (Wildman–Crippen MR) is 104 cm³/mol. The molecule has 3 rings (SSSR count). The Bertz CT molecular complexity index is 1140. The number of aromatic hydroxyl groups is 1. The van der Waals surface area contributed by atoms with E-state index in [0.29, 0.717) is 17.7 Å². The maximum Gasteiger partial charge on any atom is 0.417 e. The summed E-state index contributed by atoms with van der Waals surface area (Å²) in [6.45, 7) is 0.162. The molecule has 1 aromatic heterocycles. The number of benzene rings is 2. The van der Waals surface area contributed by atoms with Gasteiger partial charge in [0.2, 0.25) is 5.95 Å². The molecular formula is C20H15F6N5O. The third-order valence-electron chi connectivity index (χ3n) is 4.24. The molecule has 0 fully saturated rings. The Morgan fingerprint density at radius 3 is 2.34 bits per heavy atom. The van der Waals surface area contributed by atoms with Crippen LogP contribution < -0.4 is 11.1 Å². The third-order valence-corrected chi connectivity index (χ3v) is 4.24. The Balaban J connectivity index is 2.02. The van der Waals surface area contributed by atoms with E-state index in [1.807, 2.05) is 0 Å². The van der Waals surface area contributed by atoms with Gasteiger partial charge >= 0.3 is 12.4 Å². The van der Waals surface area contributed by atoms with Crippen LogP contribution >= 0.6 is 0 Å². The van der Waals surface area contributed by atoms with Gasteiger partial charge in [-0.1, -0.05) is 18.2 Å². The second-order valence-electron chi connectivity index (χ2n) is 6.51. The van der Waals surface area contributed by atoms with E-state index in [0.717, 1.165) is 12.3 Å². The monoisotopic (exact) mass is 455 g/mol. The summed E-state index contributed by atoms with van der Waals surface area (Å²) in [5.41, 5.74) is 1.89. The fraction of sp³-hybridized carbons (Fsp3) is 0.150. The van der Waals surface area contributed by atoms with Crippen molar-refractivity contribution in [3.63, 3.8) is 0 Å². The number of halogens is 6. The lowest BCUT2D eigenvalue weighted by Crippen LogP contribution is -2.13. The Morgan fingerprint density at radius 2 is 1.72 bits per heavy atom. The Hall–Kier alpha value is -3.83. The largest absolute Gasteiger partial charge is 0.508 e. The number of hydrogen-bond donors (Lipinski definition) is 3. The molecule has 0 aliphatic carbocycles. The van der Waals surface area contributed by atoms with Crippen molar-refractivity contribution in [3.8, 4) is 17.0 Å². The summed E-state index contributed by atoms with van der Waals surface area (Å²) >= 11 is 0. The molecule has 3 aromatic rings. The van der Waals surface area contributed by atoms with E-state index in [9.17, 15) is 31.4 Å². The molecule has 0 aliphatic rings. The number of aromatic nitrogens is 3. The highest BCUT2D eigenvalue weighted by Crippen LogP contribution is 2.41. The minimum absolute atomic E-state index is 0.0149. The van der Waals surface area contributed by atoms with Crippen LogP contribution in [0, 0.1) is 0 Å². The Morgan fingerprint density at radius 1 is 0.969 bits per heavy atom. The third kappa shape index (κ3) is 5.25. The van der Waals surface area contributed by atoms with Crippen LogP contribution in [0.1, 0.15) is 22.4 Å². The van der Waals surface area contributed by atoms with Crippen molar-refractivity contribution in [1.29, 1.82) is 0 Å². The van der Waals surface area contributed by atoms with Crippen LogP contribution in [-0.4, -0.2) is 20.3 Å². The quantitative estimate of drug-likeness (QED) is 0.477. The Kier molecular flexibility index (Phi) is 6.23. The number of hydrogen-bond acceptors (Lipinski definition) is 6. The summed E-state index contributed by atoms with van der Waals surface area (Å²) in [5, 5.41) is 19.8. The molecule has 12 heteroatoms. The van der Waals surface area contributed by atoms with Gasteiger partial charge in [0.25, 0.3) is 0 Å². The molecule has 0 bridgehead atoms. The summed E-state index contributed by atoms with van der Waals surface area (Å²) < 4.78 is 79.4. The molecule has 0 saturated heterocycles. The maximum atomic E-state index is 13.5. The number of nitrogens with two attached hydrogens (primary N) is 1. The Labute approximate surface area is 177 Å². The summed E-state index contributed by atoms with van der Waals surface area (Å²) in [6.07, 6.45) is -7.89. The van der Waals surface area contributed by atoms with Crippen molar-refractivity contribution in [1.82, 2.24) is 15.2 Å². The maximum absolute atomic E-state index is 13.5. The molecule has 168 valence electrons. The standard InChI is InChI=1S/C20H15F6N5O/c21-19(22,23)12-4-5-14(15(9-12)20(24,25)26)17-16(6-7-27)29-18(31-30-17)28-10-11-2-1-3-13(32)8-11/h1-9,32H,10,27H2,(H,28,29,31). The molecule has 4 N–H and O–H groups in total. The van der Waals surface area contributed by atoms with Crippen molar-refractivity contribution < 1.29 is 31.4 Å². The summed E-state index contributed by atoms with van der Waals surface area (Å²) in [7, 11) is 0. The van der Waals surface area contributed by atoms with Crippen LogP contribution in [0.4, 0.5) is 32.3 Å². The summed E-state index contributed by atoms with van der Waals surface area (Å²) in [6, 6.07) is 7.48. The van der Waals surface area contributed by atoms with Crippen molar-refractivity contribution >= 4 is 12.0 Å². The molecule has 2 aromatic carbocycles. The van der Waals surface area contributed by atoms with Gasteiger partial charge in [-0.25, -0.2) is 4.98 Å². The molecule has 0 saturated carbocycles. The van der Waals surface area contributed by atoms with Crippen LogP contribution in [-0.2, 0) is 18.9 Å². The van der Waals surface area contributed by atoms with Gasteiger partial charge in [0.05, 0.1) is 16.8 Å². The number of nitrogens with one attached hydrogen (secondary N) is 1. The first-order valence-corrected chi connectivity index (χ1v) is 8.92. The van der Waals surface area contributed by atoms with E-state index in [1.54, 1.807) is 12.1 Å². The molecule has 0 aliphatic heterocycles. The zero-order valence-electron chi connectivity index (χ0n) is 16.0. The molecule has 0 atom stereocenters. The minimum atomic E-state index is -5.09. The van der Waals surface area contributed by atoms with E-state index in [-0.39, 0.29) is 30.0 Å². The van der Waals surface area contributed by atoms with Gasteiger partial charge in [0, 0.05) is 12.1 Å². The van der Waals surface area contributed by atoms with Gasteiger partial charge in [-0.05, 0) is 42.1 Å². The van der Waals surface area contributed by atoms with Gasteiger partial charge in [0.1, 0.15) is 11.4 Å². The van der Waals surface area contributed by atoms with E-state index < -0.39 is 34.7 Å². The number of phenolic OH excluding ortho intramolecular Hbond substituents is 1. The molecule has 0 spiro atoms. The van der Waals surface area contributed by atoms with Crippen LogP contribution in [0.25, 0.3) is 17.3 Å². The second-order valence-corrected chi connectivity index (χ2v) is 6.51. The first-order chi connectivity index (χ1) is 15.0. The zero-order valence-corrected chi connectivity index (χ0v) is 16.0. The molecule has 1 heterocycles. The SMILES string of the molecule is NC=Cc1nc(NCc2cccc(O)c2)nnc1-c1ccc(C(F)(F)F)cc1C(F)(F)F. The van der Waals surface area contributed by atoms with Crippen molar-refractivity contribution in [3.05, 3.63) is 71.0 Å². The normalized spacial score (nSPS) is 12.3. The number of alkyl halides is 6. The lowest BCUT2D eigenvalue weighted by atomic mass is 9.99. The molecule has 32 heavy (non-hydrogen) atoms. The van der Waals surface area contributed by atoms with E-state index >= 15 is 0 Å². The molecule has 0 radical (unpaired) electrons. The van der Waals surface area contributed by atoms with Crippen LogP contribution in [0.5, 0.6) is 5.75 Å². The molecule has 0 unspecified atom stereocenters. The van der Waals surface area contributed by atoms with Crippen molar-refractivity contribution in [2.45, 2.75) is 18.9 Å². The zero-order chi connectivity index (χ0) is 23.5. The minimum Gasteiger partial charge on any atom is -0.508 e. The number of rotatable bonds is 5. The van der Waals surface area contributed by atoms with E-state index in [2.05, 4.69) is 20.5 Å². The van der Waals surface area contributed by atoms with Crippen molar-refractivity contribution in [2.24, 2.45) is 5.73 Å². The lowest BCUT2D eigenvalue weighted by molar-refractivity contribution is -0.142. The van der Waals surface area contributed by atoms with E-state index in [4.69, 9.17) is 5.73 Å². The van der Waals surface area contributed by atoms with Gasteiger partial charge in [-0.2, -0.15) is 26.3 Å². The predicted octanol–water partition coefficient (Wildman–Crippen LogP) is 4.82. The first-order valence-electron chi connectivity index (χ1n) is 8.92. The molecular weight excluding hydrogens is 440 g/mol. The number of phenols is 1. The lowest BCUT2D eigenvalue weighted by Gasteiger charge is -2.16. The van der Waals surface area contributed by atoms with Gasteiger partial charge in [-0.3, -0.25) is 0 Å². The van der Waals surface area contributed by atoms with Gasteiger partial charge < -0.3 is 16.2 Å². The molecule has 6 nitrogen and oxygen atoms in total.